The van der Waals surface area contributed by atoms with Crippen LogP contribution in [-0.2, 0) is 0 Å². The Morgan fingerprint density at radius 3 is 2.74 bits per heavy atom. The van der Waals surface area contributed by atoms with Crippen LogP contribution in [-0.4, -0.2) is 4.98 Å². The molecule has 0 aliphatic heterocycles. The first kappa shape index (κ1) is 12.7. The summed E-state index contributed by atoms with van der Waals surface area (Å²) in [5.74, 6) is -0.369. The van der Waals surface area contributed by atoms with Gasteiger partial charge in [0, 0.05) is 5.02 Å². The Morgan fingerprint density at radius 2 is 1.95 bits per heavy atom. The number of benzene rings is 2. The third kappa shape index (κ3) is 2.66. The minimum atomic E-state index is -0.369. The van der Waals surface area contributed by atoms with E-state index in [1.54, 1.807) is 12.1 Å². The van der Waals surface area contributed by atoms with E-state index in [-0.39, 0.29) is 5.82 Å². The molecule has 1 N–H and O–H groups in total. The van der Waals surface area contributed by atoms with Gasteiger partial charge in [-0.25, -0.2) is 9.37 Å². The molecule has 2 aromatic carbocycles. The lowest BCUT2D eigenvalue weighted by Crippen LogP contribution is -1.90. The van der Waals surface area contributed by atoms with Gasteiger partial charge in [0.05, 0.1) is 20.9 Å². The summed E-state index contributed by atoms with van der Waals surface area (Å²) in [6.45, 7) is 0. The summed E-state index contributed by atoms with van der Waals surface area (Å²) >= 11 is 13.3. The number of hydrogen-bond donors (Lipinski definition) is 1. The van der Waals surface area contributed by atoms with Gasteiger partial charge >= 0.3 is 0 Å². The van der Waals surface area contributed by atoms with Gasteiger partial charge in [0.25, 0.3) is 0 Å². The zero-order chi connectivity index (χ0) is 13.4. The lowest BCUT2D eigenvalue weighted by Gasteiger charge is -2.04. The summed E-state index contributed by atoms with van der Waals surface area (Å²) in [4.78, 5) is 4.41. The van der Waals surface area contributed by atoms with Crippen LogP contribution in [0, 0.1) is 5.82 Å². The Hall–Kier alpha value is -1.36. The van der Waals surface area contributed by atoms with E-state index in [9.17, 15) is 4.39 Å². The van der Waals surface area contributed by atoms with E-state index in [2.05, 4.69) is 10.3 Å². The molecule has 0 spiro atoms. The molecular weight excluding hydrogens is 306 g/mol. The second kappa shape index (κ2) is 4.96. The third-order valence-corrected chi connectivity index (χ3v) is 4.00. The second-order valence-corrected chi connectivity index (χ2v) is 5.75. The van der Waals surface area contributed by atoms with Gasteiger partial charge in [0.15, 0.2) is 5.13 Å². The van der Waals surface area contributed by atoms with Crippen molar-refractivity contribution in [3.8, 4) is 0 Å². The van der Waals surface area contributed by atoms with Crippen LogP contribution >= 0.6 is 34.5 Å². The van der Waals surface area contributed by atoms with Crippen LogP contribution in [0.1, 0.15) is 0 Å². The molecule has 3 aromatic rings. The van der Waals surface area contributed by atoms with Gasteiger partial charge in [-0.15, -0.1) is 0 Å². The Bertz CT molecular complexity index is 757. The van der Waals surface area contributed by atoms with Crippen LogP contribution in [0.2, 0.25) is 10.0 Å². The number of fused-ring (bicyclic) bond motifs is 1. The van der Waals surface area contributed by atoms with Crippen LogP contribution in [0.3, 0.4) is 0 Å². The van der Waals surface area contributed by atoms with Crippen molar-refractivity contribution >= 4 is 55.6 Å². The topological polar surface area (TPSA) is 24.9 Å². The summed E-state index contributed by atoms with van der Waals surface area (Å²) in [7, 11) is 0. The summed E-state index contributed by atoms with van der Waals surface area (Å²) in [6.07, 6.45) is 0. The maximum Gasteiger partial charge on any atom is 0.188 e. The molecular formula is C13H7Cl2FN2S. The number of aromatic nitrogens is 1. The first-order chi connectivity index (χ1) is 9.11. The monoisotopic (exact) mass is 312 g/mol. The van der Waals surface area contributed by atoms with Crippen molar-refractivity contribution in [1.29, 1.82) is 0 Å². The highest BCUT2D eigenvalue weighted by Crippen LogP contribution is 2.32. The van der Waals surface area contributed by atoms with Gasteiger partial charge in [-0.3, -0.25) is 0 Å². The minimum Gasteiger partial charge on any atom is -0.330 e. The van der Waals surface area contributed by atoms with Crippen LogP contribution in [0.4, 0.5) is 15.2 Å². The summed E-state index contributed by atoms with van der Waals surface area (Å²) in [5.41, 5.74) is 1.48. The minimum absolute atomic E-state index is 0.317. The van der Waals surface area contributed by atoms with Crippen molar-refractivity contribution in [3.05, 3.63) is 52.3 Å². The van der Waals surface area contributed by atoms with Crippen molar-refractivity contribution < 1.29 is 4.39 Å². The lowest BCUT2D eigenvalue weighted by atomic mass is 10.3. The molecule has 1 heterocycles. The van der Waals surface area contributed by atoms with E-state index in [1.807, 2.05) is 12.1 Å². The Kier molecular flexibility index (Phi) is 3.31. The number of thiazole rings is 1. The van der Waals surface area contributed by atoms with Gasteiger partial charge in [-0.2, -0.15) is 0 Å². The number of hydrogen-bond acceptors (Lipinski definition) is 3. The van der Waals surface area contributed by atoms with E-state index >= 15 is 0 Å². The van der Waals surface area contributed by atoms with Gasteiger partial charge in [-0.1, -0.05) is 34.5 Å². The number of anilines is 2. The van der Waals surface area contributed by atoms with Crippen LogP contribution in [0.5, 0.6) is 0 Å². The Labute approximate surface area is 122 Å². The predicted octanol–water partition coefficient (Wildman–Crippen LogP) is 5.49. The normalized spacial score (nSPS) is 10.9. The molecule has 0 atom stereocenters. The summed E-state index contributed by atoms with van der Waals surface area (Å²) < 4.78 is 13.9. The molecule has 2 nitrogen and oxygen atoms in total. The highest BCUT2D eigenvalue weighted by Gasteiger charge is 2.07. The first-order valence-electron chi connectivity index (χ1n) is 5.40. The second-order valence-electron chi connectivity index (χ2n) is 3.88. The van der Waals surface area contributed by atoms with Gasteiger partial charge in [0.2, 0.25) is 0 Å². The average molecular weight is 313 g/mol. The van der Waals surface area contributed by atoms with Crippen molar-refractivity contribution in [2.45, 2.75) is 0 Å². The average Bonchev–Trinajstić information content (AvgIpc) is 2.74. The highest BCUT2D eigenvalue weighted by molar-refractivity contribution is 7.22. The fraction of sp³-hybridized carbons (Fsp3) is 0. The maximum atomic E-state index is 13.0. The molecule has 0 radical (unpaired) electrons. The smallest absolute Gasteiger partial charge is 0.188 e. The van der Waals surface area contributed by atoms with E-state index in [0.717, 1.165) is 10.2 Å². The maximum absolute atomic E-state index is 13.0. The highest BCUT2D eigenvalue weighted by atomic mass is 35.5. The van der Waals surface area contributed by atoms with Gasteiger partial charge in [-0.05, 0) is 36.4 Å². The molecule has 1 aromatic heterocycles. The standard InChI is InChI=1S/C13H7Cl2FN2S/c14-7-1-3-11-12(5-7)19-13(18-11)17-10-4-2-8(16)6-9(10)15/h1-6H,(H,17,18). The molecule has 0 amide bonds. The molecule has 19 heavy (non-hydrogen) atoms. The number of rotatable bonds is 2. The summed E-state index contributed by atoms with van der Waals surface area (Å²) in [6, 6.07) is 9.68. The molecule has 0 bridgehead atoms. The quantitative estimate of drug-likeness (QED) is 0.677. The molecule has 6 heteroatoms. The van der Waals surface area contributed by atoms with E-state index in [4.69, 9.17) is 23.2 Å². The van der Waals surface area contributed by atoms with Gasteiger partial charge < -0.3 is 5.32 Å². The molecule has 0 saturated heterocycles. The van der Waals surface area contributed by atoms with Crippen molar-refractivity contribution in [2.24, 2.45) is 0 Å². The lowest BCUT2D eigenvalue weighted by molar-refractivity contribution is 0.628. The fourth-order valence-corrected chi connectivity index (χ4v) is 3.03. The number of halogens is 3. The third-order valence-electron chi connectivity index (χ3n) is 2.52. The number of nitrogens with zero attached hydrogens (tertiary/aromatic N) is 1. The van der Waals surface area contributed by atoms with Crippen molar-refractivity contribution in [2.75, 3.05) is 5.32 Å². The molecule has 0 aliphatic rings. The van der Waals surface area contributed by atoms with Crippen LogP contribution in [0.25, 0.3) is 10.2 Å². The van der Waals surface area contributed by atoms with E-state index in [1.165, 1.54) is 23.5 Å². The van der Waals surface area contributed by atoms with Crippen molar-refractivity contribution in [1.82, 2.24) is 4.98 Å². The fourth-order valence-electron chi connectivity index (χ4n) is 1.66. The molecule has 0 saturated carbocycles. The largest absolute Gasteiger partial charge is 0.330 e. The van der Waals surface area contributed by atoms with Crippen molar-refractivity contribution in [3.63, 3.8) is 0 Å². The van der Waals surface area contributed by atoms with E-state index < -0.39 is 0 Å². The van der Waals surface area contributed by atoms with E-state index in [0.29, 0.717) is 20.9 Å². The van der Waals surface area contributed by atoms with Crippen LogP contribution < -0.4 is 5.32 Å². The molecule has 0 fully saturated rings. The molecule has 0 aliphatic carbocycles. The number of nitrogens with one attached hydrogen (secondary N) is 1. The first-order valence-corrected chi connectivity index (χ1v) is 6.97. The molecule has 96 valence electrons. The molecule has 3 rings (SSSR count). The van der Waals surface area contributed by atoms with Crippen LogP contribution in [0.15, 0.2) is 36.4 Å². The predicted molar refractivity (Wildman–Crippen MR) is 79.3 cm³/mol. The molecule has 0 unspecified atom stereocenters. The van der Waals surface area contributed by atoms with Gasteiger partial charge in [0.1, 0.15) is 5.82 Å². The summed E-state index contributed by atoms with van der Waals surface area (Å²) in [5, 5.41) is 4.75. The zero-order valence-corrected chi connectivity index (χ0v) is 11.8. The Morgan fingerprint density at radius 1 is 1.11 bits per heavy atom. The zero-order valence-electron chi connectivity index (χ0n) is 9.45. The SMILES string of the molecule is Fc1ccc(Nc2nc3ccc(Cl)cc3s2)c(Cl)c1. The Balaban J connectivity index is 1.96.